The molecule has 52 valence electrons. The van der Waals surface area contributed by atoms with Gasteiger partial charge < -0.3 is 0 Å². The molecule has 0 aromatic heterocycles. The van der Waals surface area contributed by atoms with Gasteiger partial charge >= 0.3 is 0 Å². The highest BCUT2D eigenvalue weighted by Crippen LogP contribution is 1.97. The highest BCUT2D eigenvalue weighted by molar-refractivity contribution is 5.22. The molecule has 0 aromatic rings. The van der Waals surface area contributed by atoms with Gasteiger partial charge in [-0.25, -0.2) is 0 Å². The Kier molecular flexibility index (Phi) is 3.76. The zero-order valence-electron chi connectivity index (χ0n) is 6.33. The van der Waals surface area contributed by atoms with Gasteiger partial charge in [0.25, 0.3) is 0 Å². The molecule has 0 radical (unpaired) electrons. The van der Waals surface area contributed by atoms with Crippen LogP contribution in [-0.4, -0.2) is 17.8 Å². The van der Waals surface area contributed by atoms with E-state index in [2.05, 4.69) is 25.7 Å². The second-order valence-corrected chi connectivity index (χ2v) is 2.10. The summed E-state index contributed by atoms with van der Waals surface area (Å²) in [6.07, 6.45) is 3.84. The predicted octanol–water partition coefficient (Wildman–Crippen LogP) is 1.85. The molecule has 9 heavy (non-hydrogen) atoms. The fourth-order valence-corrected chi connectivity index (χ4v) is 0.535. The van der Waals surface area contributed by atoms with Gasteiger partial charge in [-0.1, -0.05) is 6.08 Å². The van der Waals surface area contributed by atoms with Crippen LogP contribution in [0.3, 0.4) is 0 Å². The lowest BCUT2D eigenvalue weighted by atomic mass is 10.4. The lowest BCUT2D eigenvalue weighted by Gasteiger charge is -2.16. The van der Waals surface area contributed by atoms with Crippen LogP contribution >= 0.6 is 0 Å². The van der Waals surface area contributed by atoms with Gasteiger partial charge in [0.05, 0.1) is 0 Å². The molecule has 0 unspecified atom stereocenters. The number of hydrogen-bond donors (Lipinski definition) is 0. The SMILES string of the molecule is C=NN(/C=C\C)C(C)C. The van der Waals surface area contributed by atoms with Crippen molar-refractivity contribution in [2.75, 3.05) is 0 Å². The van der Waals surface area contributed by atoms with Crippen molar-refractivity contribution in [1.82, 2.24) is 5.01 Å². The van der Waals surface area contributed by atoms with Gasteiger partial charge in [0, 0.05) is 19.0 Å². The first-order valence-corrected chi connectivity index (χ1v) is 3.10. The summed E-state index contributed by atoms with van der Waals surface area (Å²) in [6.45, 7) is 9.51. The summed E-state index contributed by atoms with van der Waals surface area (Å²) in [7, 11) is 0. The molecule has 0 aliphatic carbocycles. The molecular formula is C7H14N2. The summed E-state index contributed by atoms with van der Waals surface area (Å²) < 4.78 is 0. The minimum absolute atomic E-state index is 0.402. The topological polar surface area (TPSA) is 15.6 Å². The zero-order valence-corrected chi connectivity index (χ0v) is 6.33. The maximum Gasteiger partial charge on any atom is 0.0462 e. The first-order chi connectivity index (χ1) is 4.22. The summed E-state index contributed by atoms with van der Waals surface area (Å²) in [5.74, 6) is 0. The monoisotopic (exact) mass is 126 g/mol. The highest BCUT2D eigenvalue weighted by atomic mass is 15.4. The van der Waals surface area contributed by atoms with E-state index < -0.39 is 0 Å². The van der Waals surface area contributed by atoms with Gasteiger partial charge in [-0.05, 0) is 20.8 Å². The van der Waals surface area contributed by atoms with Crippen LogP contribution in [0, 0.1) is 0 Å². The number of hydrazone groups is 1. The van der Waals surface area contributed by atoms with Crippen LogP contribution in [0.15, 0.2) is 17.4 Å². The Labute approximate surface area is 56.9 Å². The second-order valence-electron chi connectivity index (χ2n) is 2.10. The van der Waals surface area contributed by atoms with Crippen LogP contribution in [0.5, 0.6) is 0 Å². The molecule has 0 N–H and O–H groups in total. The van der Waals surface area contributed by atoms with Gasteiger partial charge in [-0.2, -0.15) is 5.10 Å². The Balaban J connectivity index is 3.82. The third-order valence-electron chi connectivity index (χ3n) is 0.994. The lowest BCUT2D eigenvalue weighted by molar-refractivity contribution is 0.330. The maximum atomic E-state index is 3.77. The van der Waals surface area contributed by atoms with Crippen molar-refractivity contribution in [3.63, 3.8) is 0 Å². The first-order valence-electron chi connectivity index (χ1n) is 3.10. The molecule has 2 heteroatoms. The fraction of sp³-hybridized carbons (Fsp3) is 0.571. The minimum atomic E-state index is 0.402. The molecule has 0 amide bonds. The molecule has 0 aliphatic rings. The largest absolute Gasteiger partial charge is 0.271 e. The summed E-state index contributed by atoms with van der Waals surface area (Å²) in [5.41, 5.74) is 0. The number of rotatable bonds is 3. The minimum Gasteiger partial charge on any atom is -0.271 e. The van der Waals surface area contributed by atoms with Gasteiger partial charge in [-0.3, -0.25) is 5.01 Å². The molecule has 0 aliphatic heterocycles. The molecule has 0 saturated heterocycles. The van der Waals surface area contributed by atoms with E-state index in [0.29, 0.717) is 6.04 Å². The molecular weight excluding hydrogens is 112 g/mol. The molecule has 0 rings (SSSR count). The number of allylic oxidation sites excluding steroid dienone is 1. The molecule has 0 saturated carbocycles. The van der Waals surface area contributed by atoms with E-state index in [1.807, 2.05) is 19.2 Å². The Morgan fingerprint density at radius 1 is 1.56 bits per heavy atom. The van der Waals surface area contributed by atoms with E-state index in [9.17, 15) is 0 Å². The van der Waals surface area contributed by atoms with Gasteiger partial charge in [0.15, 0.2) is 0 Å². The van der Waals surface area contributed by atoms with Gasteiger partial charge in [0.2, 0.25) is 0 Å². The van der Waals surface area contributed by atoms with E-state index in [1.54, 1.807) is 5.01 Å². The van der Waals surface area contributed by atoms with E-state index in [4.69, 9.17) is 0 Å². The molecule has 0 atom stereocenters. The van der Waals surface area contributed by atoms with Crippen molar-refractivity contribution in [1.29, 1.82) is 0 Å². The number of nitrogens with zero attached hydrogens (tertiary/aromatic N) is 2. The van der Waals surface area contributed by atoms with Crippen LogP contribution in [0.25, 0.3) is 0 Å². The smallest absolute Gasteiger partial charge is 0.0462 e. The van der Waals surface area contributed by atoms with E-state index in [0.717, 1.165) is 0 Å². The van der Waals surface area contributed by atoms with Crippen molar-refractivity contribution in [2.45, 2.75) is 26.8 Å². The summed E-state index contributed by atoms with van der Waals surface area (Å²) in [6, 6.07) is 0.402. The Morgan fingerprint density at radius 2 is 2.11 bits per heavy atom. The van der Waals surface area contributed by atoms with E-state index >= 15 is 0 Å². The predicted molar refractivity (Wildman–Crippen MR) is 41.3 cm³/mol. The summed E-state index contributed by atoms with van der Waals surface area (Å²) in [5, 5.41) is 5.58. The normalized spacial score (nSPS) is 10.7. The third-order valence-corrected chi connectivity index (χ3v) is 0.994. The van der Waals surface area contributed by atoms with Crippen molar-refractivity contribution in [3.8, 4) is 0 Å². The van der Waals surface area contributed by atoms with Crippen LogP contribution in [0.2, 0.25) is 0 Å². The summed E-state index contributed by atoms with van der Waals surface area (Å²) >= 11 is 0. The maximum absolute atomic E-state index is 3.77. The molecule has 0 heterocycles. The van der Waals surface area contributed by atoms with E-state index in [-0.39, 0.29) is 0 Å². The standard InChI is InChI=1S/C7H14N2/c1-5-6-9(8-4)7(2)3/h5-7H,4H2,1-3H3/b6-5-. The van der Waals surface area contributed by atoms with Gasteiger partial charge in [-0.15, -0.1) is 0 Å². The van der Waals surface area contributed by atoms with Crippen molar-refractivity contribution in [3.05, 3.63) is 12.3 Å². The Hall–Kier alpha value is -0.790. The zero-order chi connectivity index (χ0) is 7.28. The van der Waals surface area contributed by atoms with Crippen molar-refractivity contribution < 1.29 is 0 Å². The van der Waals surface area contributed by atoms with Crippen LogP contribution in [-0.2, 0) is 0 Å². The summed E-state index contributed by atoms with van der Waals surface area (Å²) in [4.78, 5) is 0. The molecule has 0 spiro atoms. The lowest BCUT2D eigenvalue weighted by Crippen LogP contribution is -2.18. The first kappa shape index (κ1) is 8.21. The quantitative estimate of drug-likeness (QED) is 0.416. The third kappa shape index (κ3) is 2.90. The van der Waals surface area contributed by atoms with Crippen LogP contribution in [0.4, 0.5) is 0 Å². The Morgan fingerprint density at radius 3 is 2.22 bits per heavy atom. The molecule has 2 nitrogen and oxygen atoms in total. The van der Waals surface area contributed by atoms with E-state index in [1.165, 1.54) is 0 Å². The average Bonchev–Trinajstić information content (AvgIpc) is 1.82. The number of hydrogen-bond acceptors (Lipinski definition) is 2. The fourth-order valence-electron chi connectivity index (χ4n) is 0.535. The van der Waals surface area contributed by atoms with Crippen molar-refractivity contribution >= 4 is 6.72 Å². The molecule has 0 aromatic carbocycles. The van der Waals surface area contributed by atoms with Gasteiger partial charge in [0.1, 0.15) is 0 Å². The second kappa shape index (κ2) is 4.13. The van der Waals surface area contributed by atoms with Crippen LogP contribution < -0.4 is 0 Å². The molecule has 0 bridgehead atoms. The highest BCUT2D eigenvalue weighted by Gasteiger charge is 1.97. The molecule has 0 fully saturated rings. The average molecular weight is 126 g/mol. The van der Waals surface area contributed by atoms with Crippen LogP contribution in [0.1, 0.15) is 20.8 Å². The van der Waals surface area contributed by atoms with Crippen molar-refractivity contribution in [2.24, 2.45) is 5.10 Å². The Bertz CT molecular complexity index is 105.